The van der Waals surface area contributed by atoms with Gasteiger partial charge in [0.15, 0.2) is 0 Å². The van der Waals surface area contributed by atoms with Crippen LogP contribution in [0.1, 0.15) is 82.6 Å². The third kappa shape index (κ3) is 13.0. The van der Waals surface area contributed by atoms with Gasteiger partial charge in [0.1, 0.15) is 23.0 Å². The van der Waals surface area contributed by atoms with E-state index in [-0.39, 0.29) is 41.2 Å². The number of aromatic nitrogens is 1. The van der Waals surface area contributed by atoms with Gasteiger partial charge in [0.05, 0.1) is 60.4 Å². The minimum atomic E-state index is -0.414. The summed E-state index contributed by atoms with van der Waals surface area (Å²) in [7, 11) is 3.14. The number of rotatable bonds is 19. The van der Waals surface area contributed by atoms with E-state index in [0.29, 0.717) is 86.8 Å². The van der Waals surface area contributed by atoms with E-state index in [1.54, 1.807) is 54.5 Å². The van der Waals surface area contributed by atoms with Gasteiger partial charge in [0, 0.05) is 18.7 Å². The predicted octanol–water partition coefficient (Wildman–Crippen LogP) is 8.64. The SMILES string of the molecule is C=CC(=O)OCCCCCCOc1ccc(OC(=O)[C@H]2CC[C@H](C(=O)Oc3ccc(OC(=O)[C@H]4CC[C@H](C(=O)OC)CC4)c(/C=N/N(C)c4nc5ccccc5s4)c3)CC2)cc1. The average molecular weight is 868 g/mol. The van der Waals surface area contributed by atoms with E-state index in [4.69, 9.17) is 28.4 Å². The molecule has 0 amide bonds. The lowest BCUT2D eigenvalue weighted by Gasteiger charge is -2.26. The van der Waals surface area contributed by atoms with Gasteiger partial charge in [-0.3, -0.25) is 19.2 Å². The summed E-state index contributed by atoms with van der Waals surface area (Å²) in [5.74, 6) is -1.60. The molecule has 14 nitrogen and oxygen atoms in total. The van der Waals surface area contributed by atoms with Crippen LogP contribution >= 0.6 is 11.3 Å². The molecule has 2 aliphatic rings. The summed E-state index contributed by atoms with van der Waals surface area (Å²) in [6, 6.07) is 19.5. The van der Waals surface area contributed by atoms with Gasteiger partial charge in [-0.1, -0.05) is 30.0 Å². The van der Waals surface area contributed by atoms with Gasteiger partial charge in [-0.15, -0.1) is 0 Å². The van der Waals surface area contributed by atoms with Crippen molar-refractivity contribution in [3.63, 3.8) is 0 Å². The highest BCUT2D eigenvalue weighted by Crippen LogP contribution is 2.35. The highest BCUT2D eigenvalue weighted by atomic mass is 32.1. The van der Waals surface area contributed by atoms with Crippen molar-refractivity contribution in [2.24, 2.45) is 28.8 Å². The lowest BCUT2D eigenvalue weighted by molar-refractivity contribution is -0.149. The first-order valence-electron chi connectivity index (χ1n) is 21.1. The van der Waals surface area contributed by atoms with Crippen LogP contribution in [-0.4, -0.2) is 68.4 Å². The average Bonchev–Trinajstić information content (AvgIpc) is 3.75. The summed E-state index contributed by atoms with van der Waals surface area (Å²) >= 11 is 1.48. The van der Waals surface area contributed by atoms with Crippen LogP contribution in [0.25, 0.3) is 10.2 Å². The highest BCUT2D eigenvalue weighted by molar-refractivity contribution is 7.22. The number of hydrogen-bond donors (Lipinski definition) is 0. The Labute approximate surface area is 365 Å². The quantitative estimate of drug-likeness (QED) is 0.0219. The number of methoxy groups -OCH3 is 1. The fraction of sp³-hybridized carbons (Fsp3) is 0.426. The number of thiazole rings is 1. The van der Waals surface area contributed by atoms with Crippen LogP contribution in [0.3, 0.4) is 0 Å². The molecule has 6 rings (SSSR count). The number of fused-ring (bicyclic) bond motifs is 1. The lowest BCUT2D eigenvalue weighted by atomic mass is 9.82. The molecule has 2 saturated carbocycles. The summed E-state index contributed by atoms with van der Waals surface area (Å²) in [5, 5.41) is 6.88. The summed E-state index contributed by atoms with van der Waals surface area (Å²) < 4.78 is 34.1. The molecule has 4 aromatic rings. The van der Waals surface area contributed by atoms with E-state index >= 15 is 0 Å². The number of carbonyl (C=O) groups excluding carboxylic acids is 5. The van der Waals surface area contributed by atoms with Crippen molar-refractivity contribution in [1.29, 1.82) is 0 Å². The van der Waals surface area contributed by atoms with Crippen molar-refractivity contribution < 1.29 is 52.4 Å². The predicted molar refractivity (Wildman–Crippen MR) is 233 cm³/mol. The van der Waals surface area contributed by atoms with Crippen LogP contribution < -0.4 is 24.0 Å². The molecule has 2 aliphatic carbocycles. The highest BCUT2D eigenvalue weighted by Gasteiger charge is 2.34. The summed E-state index contributed by atoms with van der Waals surface area (Å²) in [6.45, 7) is 4.30. The van der Waals surface area contributed by atoms with Gasteiger partial charge >= 0.3 is 29.8 Å². The number of hydrazone groups is 1. The minimum absolute atomic E-state index is 0.227. The van der Waals surface area contributed by atoms with E-state index in [2.05, 4.69) is 16.7 Å². The number of nitrogens with zero attached hydrogens (tertiary/aromatic N) is 3. The Morgan fingerprint density at radius 3 is 1.87 bits per heavy atom. The van der Waals surface area contributed by atoms with Crippen LogP contribution in [0, 0.1) is 23.7 Å². The monoisotopic (exact) mass is 867 g/mol. The number of anilines is 1. The third-order valence-corrected chi connectivity index (χ3v) is 12.2. The Bertz CT molecular complexity index is 2170. The standard InChI is InChI=1S/C47H53N3O11S/c1-4-42(51)58-28-10-6-5-9-27-57-36-21-23-37(24-22-36)59-44(53)32-17-19-33(20-18-32)45(54)60-38-25-26-40(61-46(55)34-15-13-31(14-16-34)43(52)56-3)35(29-38)30-48-50(2)47-49-39-11-7-8-12-41(39)62-47/h4,7-8,11-12,21-26,29-34H,1,5-6,9-10,13-20,27-28H2,2-3H3/b48-30+/t31-,32-,33-,34-. The molecule has 1 heterocycles. The molecule has 15 heteroatoms. The van der Waals surface area contributed by atoms with Crippen molar-refractivity contribution in [2.75, 3.05) is 32.4 Å². The second-order valence-corrected chi connectivity index (χ2v) is 16.4. The first-order chi connectivity index (χ1) is 30.1. The fourth-order valence-electron chi connectivity index (χ4n) is 7.45. The molecule has 0 saturated heterocycles. The molecule has 0 atom stereocenters. The number of carbonyl (C=O) groups is 5. The van der Waals surface area contributed by atoms with Crippen LogP contribution in [0.2, 0.25) is 0 Å². The van der Waals surface area contributed by atoms with Gasteiger partial charge in [-0.2, -0.15) is 5.10 Å². The summed E-state index contributed by atoms with van der Waals surface area (Å²) in [5.41, 5.74) is 1.27. The Balaban J connectivity index is 0.996. The number of unbranched alkanes of at least 4 members (excludes halogenated alkanes) is 3. The first kappa shape index (κ1) is 45.4. The number of para-hydroxylation sites is 1. The number of hydrogen-bond acceptors (Lipinski definition) is 15. The molecular weight excluding hydrogens is 815 g/mol. The molecule has 3 aromatic carbocycles. The van der Waals surface area contributed by atoms with Crippen LogP contribution in [0.5, 0.6) is 23.0 Å². The molecule has 0 aliphatic heterocycles. The number of esters is 5. The molecule has 1 aromatic heterocycles. The van der Waals surface area contributed by atoms with Crippen molar-refractivity contribution >= 4 is 62.7 Å². The van der Waals surface area contributed by atoms with Crippen molar-refractivity contribution in [1.82, 2.24) is 4.98 Å². The maximum absolute atomic E-state index is 13.4. The van der Waals surface area contributed by atoms with Crippen LogP contribution in [0.4, 0.5) is 5.13 Å². The summed E-state index contributed by atoms with van der Waals surface area (Å²) in [6.07, 6.45) is 10.2. The number of ether oxygens (including phenoxy) is 6. The second-order valence-electron chi connectivity index (χ2n) is 15.4. The second kappa shape index (κ2) is 22.7. The van der Waals surface area contributed by atoms with Crippen molar-refractivity contribution in [2.45, 2.75) is 77.0 Å². The van der Waals surface area contributed by atoms with Gasteiger partial charge < -0.3 is 28.4 Å². The molecule has 62 heavy (non-hydrogen) atoms. The van der Waals surface area contributed by atoms with Crippen molar-refractivity contribution in [3.8, 4) is 23.0 Å². The topological polar surface area (TPSA) is 169 Å². The molecule has 2 fully saturated rings. The Kier molecular flexibility index (Phi) is 16.6. The third-order valence-electron chi connectivity index (χ3n) is 11.1. The van der Waals surface area contributed by atoms with E-state index in [1.165, 1.54) is 24.7 Å². The van der Waals surface area contributed by atoms with Gasteiger partial charge in [-0.05, 0) is 132 Å². The van der Waals surface area contributed by atoms with E-state index in [9.17, 15) is 24.0 Å². The van der Waals surface area contributed by atoms with E-state index < -0.39 is 23.8 Å². The summed E-state index contributed by atoms with van der Waals surface area (Å²) in [4.78, 5) is 67.6. The molecule has 0 spiro atoms. The zero-order valence-electron chi connectivity index (χ0n) is 35.2. The van der Waals surface area contributed by atoms with Crippen molar-refractivity contribution in [3.05, 3.63) is 84.9 Å². The Morgan fingerprint density at radius 2 is 1.26 bits per heavy atom. The molecule has 0 unspecified atom stereocenters. The van der Waals surface area contributed by atoms with Gasteiger partial charge in [0.25, 0.3) is 0 Å². The molecule has 0 N–H and O–H groups in total. The largest absolute Gasteiger partial charge is 0.494 e. The smallest absolute Gasteiger partial charge is 0.330 e. The van der Waals surface area contributed by atoms with Crippen LogP contribution in [0.15, 0.2) is 84.5 Å². The van der Waals surface area contributed by atoms with Crippen LogP contribution in [-0.2, 0) is 33.4 Å². The molecule has 0 bridgehead atoms. The molecular formula is C47H53N3O11S. The number of benzene rings is 3. The fourth-order valence-corrected chi connectivity index (χ4v) is 8.34. The maximum Gasteiger partial charge on any atom is 0.330 e. The lowest BCUT2D eigenvalue weighted by Crippen LogP contribution is -2.30. The van der Waals surface area contributed by atoms with E-state index in [1.807, 2.05) is 24.3 Å². The van der Waals surface area contributed by atoms with Gasteiger partial charge in [0.2, 0.25) is 5.13 Å². The zero-order valence-corrected chi connectivity index (χ0v) is 36.0. The van der Waals surface area contributed by atoms with Gasteiger partial charge in [-0.25, -0.2) is 14.8 Å². The maximum atomic E-state index is 13.4. The zero-order chi connectivity index (χ0) is 43.8. The van der Waals surface area contributed by atoms with E-state index in [0.717, 1.165) is 42.0 Å². The Morgan fingerprint density at radius 1 is 0.710 bits per heavy atom. The Hall–Kier alpha value is -6.09. The molecule has 328 valence electrons. The first-order valence-corrected chi connectivity index (χ1v) is 21.9. The normalized spacial score (nSPS) is 18.7. The minimum Gasteiger partial charge on any atom is -0.494 e. The molecule has 0 radical (unpaired) electrons.